The zero-order valence-electron chi connectivity index (χ0n) is 12.7. The summed E-state index contributed by atoms with van der Waals surface area (Å²) < 4.78 is 1.80. The van der Waals surface area contributed by atoms with Crippen molar-refractivity contribution >= 4 is 17.2 Å². The molecular weight excluding hydrogens is 308 g/mol. The van der Waals surface area contributed by atoms with Gasteiger partial charge in [-0.05, 0) is 42.5 Å². The molecular formula is C17H16N4OS. The lowest BCUT2D eigenvalue weighted by atomic mass is 10.0. The number of aromatic nitrogens is 3. The van der Waals surface area contributed by atoms with Crippen molar-refractivity contribution in [2.75, 3.05) is 6.54 Å². The average molecular weight is 324 g/mol. The summed E-state index contributed by atoms with van der Waals surface area (Å²) >= 11 is 1.78. The van der Waals surface area contributed by atoms with Gasteiger partial charge in [0.15, 0.2) is 0 Å². The van der Waals surface area contributed by atoms with Gasteiger partial charge in [-0.1, -0.05) is 0 Å². The number of pyridine rings is 1. The first kappa shape index (κ1) is 14.1. The maximum Gasteiger partial charge on any atom is 0.254 e. The maximum absolute atomic E-state index is 12.9. The van der Waals surface area contributed by atoms with Gasteiger partial charge in [0.2, 0.25) is 0 Å². The van der Waals surface area contributed by atoms with Gasteiger partial charge in [-0.3, -0.25) is 9.36 Å². The van der Waals surface area contributed by atoms with Gasteiger partial charge in [-0.2, -0.15) is 0 Å². The number of carbonyl (C=O) groups excluding carboxylic acids is 1. The van der Waals surface area contributed by atoms with Crippen molar-refractivity contribution in [2.45, 2.75) is 19.4 Å². The Morgan fingerprint density at radius 2 is 2.26 bits per heavy atom. The lowest BCUT2D eigenvalue weighted by Gasteiger charge is -2.33. The second-order valence-corrected chi connectivity index (χ2v) is 6.60. The van der Waals surface area contributed by atoms with Gasteiger partial charge in [-0.25, -0.2) is 9.97 Å². The molecule has 3 aromatic rings. The molecule has 0 unspecified atom stereocenters. The van der Waals surface area contributed by atoms with Crippen LogP contribution in [0.25, 0.3) is 5.82 Å². The minimum Gasteiger partial charge on any atom is -0.331 e. The van der Waals surface area contributed by atoms with Crippen molar-refractivity contribution in [1.82, 2.24) is 19.4 Å². The molecule has 116 valence electrons. The highest BCUT2D eigenvalue weighted by Crippen LogP contribution is 2.33. The van der Waals surface area contributed by atoms with E-state index < -0.39 is 0 Å². The SMILES string of the molecule is C[C@@H]1c2ccsc2CCN1C(=O)c1ccnc(-n2ccnc2)c1. The van der Waals surface area contributed by atoms with Crippen LogP contribution in [0, 0.1) is 0 Å². The van der Waals surface area contributed by atoms with E-state index in [0.717, 1.165) is 13.0 Å². The maximum atomic E-state index is 12.9. The molecule has 1 aliphatic heterocycles. The Bertz CT molecular complexity index is 840. The predicted octanol–water partition coefficient (Wildman–Crippen LogP) is 3.09. The topological polar surface area (TPSA) is 51.0 Å². The van der Waals surface area contributed by atoms with Crippen molar-refractivity contribution in [2.24, 2.45) is 0 Å². The highest BCUT2D eigenvalue weighted by Gasteiger charge is 2.29. The molecule has 0 spiro atoms. The first-order chi connectivity index (χ1) is 11.2. The lowest BCUT2D eigenvalue weighted by Crippen LogP contribution is -2.38. The molecule has 4 heterocycles. The molecule has 4 rings (SSSR count). The summed E-state index contributed by atoms with van der Waals surface area (Å²) in [5.74, 6) is 0.757. The fraction of sp³-hybridized carbons (Fsp3) is 0.235. The molecule has 1 aliphatic rings. The summed E-state index contributed by atoms with van der Waals surface area (Å²) in [6.45, 7) is 2.86. The fourth-order valence-corrected chi connectivity index (χ4v) is 4.00. The van der Waals surface area contributed by atoms with Crippen LogP contribution in [0.4, 0.5) is 0 Å². The zero-order valence-corrected chi connectivity index (χ0v) is 13.5. The van der Waals surface area contributed by atoms with Gasteiger partial charge in [0, 0.05) is 35.6 Å². The summed E-state index contributed by atoms with van der Waals surface area (Å²) in [5.41, 5.74) is 1.94. The van der Waals surface area contributed by atoms with Crippen molar-refractivity contribution in [3.05, 3.63) is 64.5 Å². The third kappa shape index (κ3) is 2.45. The second-order valence-electron chi connectivity index (χ2n) is 5.60. The van der Waals surface area contributed by atoms with E-state index in [1.54, 1.807) is 40.7 Å². The summed E-state index contributed by atoms with van der Waals surface area (Å²) in [4.78, 5) is 24.6. The molecule has 0 aromatic carbocycles. The van der Waals surface area contributed by atoms with Crippen molar-refractivity contribution in [1.29, 1.82) is 0 Å². The van der Waals surface area contributed by atoms with Gasteiger partial charge in [0.1, 0.15) is 12.1 Å². The molecule has 1 atom stereocenters. The predicted molar refractivity (Wildman–Crippen MR) is 88.8 cm³/mol. The Balaban J connectivity index is 1.64. The number of hydrogen-bond acceptors (Lipinski definition) is 4. The van der Waals surface area contributed by atoms with E-state index in [1.165, 1.54) is 10.4 Å². The molecule has 6 heteroatoms. The molecule has 0 radical (unpaired) electrons. The molecule has 0 aliphatic carbocycles. The number of thiophene rings is 1. The average Bonchev–Trinajstić information content (AvgIpc) is 3.26. The van der Waals surface area contributed by atoms with E-state index in [9.17, 15) is 4.79 Å². The van der Waals surface area contributed by atoms with Gasteiger partial charge >= 0.3 is 0 Å². The van der Waals surface area contributed by atoms with Crippen molar-refractivity contribution in [3.8, 4) is 5.82 Å². The van der Waals surface area contributed by atoms with E-state index in [1.807, 2.05) is 17.2 Å². The van der Waals surface area contributed by atoms with Crippen LogP contribution in [0.15, 0.2) is 48.5 Å². The van der Waals surface area contributed by atoms with E-state index in [-0.39, 0.29) is 11.9 Å². The van der Waals surface area contributed by atoms with Gasteiger partial charge in [0.25, 0.3) is 5.91 Å². The molecule has 0 saturated carbocycles. The minimum atomic E-state index is 0.0538. The van der Waals surface area contributed by atoms with Crippen molar-refractivity contribution in [3.63, 3.8) is 0 Å². The number of amides is 1. The Hall–Kier alpha value is -2.47. The number of fused-ring (bicyclic) bond motifs is 1. The molecule has 0 N–H and O–H groups in total. The molecule has 1 amide bonds. The Kier molecular flexibility index (Phi) is 3.46. The van der Waals surface area contributed by atoms with E-state index in [2.05, 4.69) is 28.3 Å². The first-order valence-electron chi connectivity index (χ1n) is 7.55. The fourth-order valence-electron chi connectivity index (χ4n) is 3.04. The summed E-state index contributed by atoms with van der Waals surface area (Å²) in [5, 5.41) is 2.11. The summed E-state index contributed by atoms with van der Waals surface area (Å²) in [7, 11) is 0. The Morgan fingerprint density at radius 1 is 1.35 bits per heavy atom. The van der Waals surface area contributed by atoms with Crippen LogP contribution in [0.2, 0.25) is 0 Å². The molecule has 3 aromatic heterocycles. The second kappa shape index (κ2) is 5.62. The van der Waals surface area contributed by atoms with Crippen LogP contribution in [0.5, 0.6) is 0 Å². The summed E-state index contributed by atoms with van der Waals surface area (Å²) in [6, 6.07) is 5.84. The molecule has 0 saturated heterocycles. The normalized spacial score (nSPS) is 17.1. The molecule has 5 nitrogen and oxygen atoms in total. The van der Waals surface area contributed by atoms with Crippen LogP contribution in [-0.4, -0.2) is 31.9 Å². The van der Waals surface area contributed by atoms with E-state index in [4.69, 9.17) is 0 Å². The highest BCUT2D eigenvalue weighted by atomic mass is 32.1. The largest absolute Gasteiger partial charge is 0.331 e. The molecule has 23 heavy (non-hydrogen) atoms. The Labute approximate surface area is 138 Å². The van der Waals surface area contributed by atoms with Crippen LogP contribution >= 0.6 is 11.3 Å². The van der Waals surface area contributed by atoms with E-state index in [0.29, 0.717) is 11.4 Å². The third-order valence-corrected chi connectivity index (χ3v) is 5.30. The quantitative estimate of drug-likeness (QED) is 0.728. The zero-order chi connectivity index (χ0) is 15.8. The third-order valence-electron chi connectivity index (χ3n) is 4.30. The van der Waals surface area contributed by atoms with Crippen LogP contribution in [0.3, 0.4) is 0 Å². The van der Waals surface area contributed by atoms with E-state index >= 15 is 0 Å². The summed E-state index contributed by atoms with van der Waals surface area (Å²) in [6.07, 6.45) is 7.80. The monoisotopic (exact) mass is 324 g/mol. The molecule has 0 fully saturated rings. The smallest absolute Gasteiger partial charge is 0.254 e. The van der Waals surface area contributed by atoms with Gasteiger partial charge < -0.3 is 4.90 Å². The number of nitrogens with zero attached hydrogens (tertiary/aromatic N) is 4. The van der Waals surface area contributed by atoms with Gasteiger partial charge in [-0.15, -0.1) is 11.3 Å². The Morgan fingerprint density at radius 3 is 3.09 bits per heavy atom. The van der Waals surface area contributed by atoms with Gasteiger partial charge in [0.05, 0.1) is 6.04 Å². The highest BCUT2D eigenvalue weighted by molar-refractivity contribution is 7.10. The van der Waals surface area contributed by atoms with Crippen molar-refractivity contribution < 1.29 is 4.79 Å². The number of rotatable bonds is 2. The van der Waals surface area contributed by atoms with Crippen LogP contribution in [-0.2, 0) is 6.42 Å². The first-order valence-corrected chi connectivity index (χ1v) is 8.43. The van der Waals surface area contributed by atoms with Crippen LogP contribution < -0.4 is 0 Å². The minimum absolute atomic E-state index is 0.0538. The molecule has 0 bridgehead atoms. The standard InChI is InChI=1S/C17H16N4OS/c1-12-14-4-9-23-15(14)3-7-21(12)17(22)13-2-5-19-16(10-13)20-8-6-18-11-20/h2,4-6,8-12H,3,7H2,1H3/t12-/m1/s1. The lowest BCUT2D eigenvalue weighted by molar-refractivity contribution is 0.0679. The number of imidazole rings is 1. The number of carbonyl (C=O) groups is 1. The van der Waals surface area contributed by atoms with Crippen LogP contribution in [0.1, 0.15) is 33.8 Å². The number of hydrogen-bond donors (Lipinski definition) is 0.